The Labute approximate surface area is 74.7 Å². The minimum absolute atomic E-state index is 0.0518. The molecular weight excluding hydrogens is 178 g/mol. The lowest BCUT2D eigenvalue weighted by atomic mass is 10.3. The molecule has 3 N–H and O–H groups in total. The lowest BCUT2D eigenvalue weighted by Gasteiger charge is -1.97. The second-order valence-corrected chi connectivity index (χ2v) is 2.44. The summed E-state index contributed by atoms with van der Waals surface area (Å²) in [6.45, 7) is -0.0518. The molecular formula is C7H8ClN3O. The van der Waals surface area contributed by atoms with Gasteiger partial charge in [0.25, 0.3) is 0 Å². The number of nitrogen functional groups attached to an aromatic ring is 1. The van der Waals surface area contributed by atoms with Crippen LogP contribution >= 0.6 is 11.6 Å². The van der Waals surface area contributed by atoms with Gasteiger partial charge in [0.05, 0.1) is 12.8 Å². The van der Waals surface area contributed by atoms with Crippen LogP contribution in [0.15, 0.2) is 12.3 Å². The Morgan fingerprint density at radius 2 is 2.42 bits per heavy atom. The molecule has 1 heterocycles. The average Bonchev–Trinajstić information content (AvgIpc) is 2.03. The summed E-state index contributed by atoms with van der Waals surface area (Å²) in [5.41, 5.74) is 5.98. The molecule has 1 rings (SSSR count). The fraction of sp³-hybridized carbons (Fsp3) is 0.143. The van der Waals surface area contributed by atoms with Gasteiger partial charge in [0, 0.05) is 0 Å². The first kappa shape index (κ1) is 8.96. The molecule has 0 fully saturated rings. The maximum absolute atomic E-state index is 8.47. The van der Waals surface area contributed by atoms with Crippen molar-refractivity contribution in [2.45, 2.75) is 0 Å². The van der Waals surface area contributed by atoms with Gasteiger partial charge in [0.15, 0.2) is 5.82 Å². The minimum atomic E-state index is -0.0518. The molecule has 0 aliphatic heterocycles. The lowest BCUT2D eigenvalue weighted by Crippen LogP contribution is -1.96. The average molecular weight is 186 g/mol. The van der Waals surface area contributed by atoms with E-state index in [1.165, 1.54) is 12.3 Å². The van der Waals surface area contributed by atoms with E-state index in [0.717, 1.165) is 0 Å². The normalized spacial score (nSPS) is 10.8. The number of hydrogen-bond donors (Lipinski definition) is 2. The van der Waals surface area contributed by atoms with Gasteiger partial charge in [0.1, 0.15) is 10.8 Å². The number of nitrogens with zero attached hydrogens (tertiary/aromatic N) is 2. The van der Waals surface area contributed by atoms with Crippen LogP contribution in [0.25, 0.3) is 6.08 Å². The maximum Gasteiger partial charge on any atom is 0.151 e. The van der Waals surface area contributed by atoms with Gasteiger partial charge in [-0.2, -0.15) is 0 Å². The highest BCUT2D eigenvalue weighted by atomic mass is 35.5. The van der Waals surface area contributed by atoms with Gasteiger partial charge in [0.2, 0.25) is 0 Å². The van der Waals surface area contributed by atoms with Crippen LogP contribution in [0.3, 0.4) is 0 Å². The Hall–Kier alpha value is -1.13. The molecule has 12 heavy (non-hydrogen) atoms. The molecule has 0 aromatic carbocycles. The van der Waals surface area contributed by atoms with Crippen LogP contribution in [0.1, 0.15) is 5.69 Å². The number of halogens is 1. The third-order valence-corrected chi connectivity index (χ3v) is 1.36. The van der Waals surface area contributed by atoms with Gasteiger partial charge >= 0.3 is 0 Å². The fourth-order valence-corrected chi connectivity index (χ4v) is 0.823. The van der Waals surface area contributed by atoms with E-state index in [4.69, 9.17) is 22.4 Å². The number of aliphatic hydroxyl groups is 1. The van der Waals surface area contributed by atoms with Crippen molar-refractivity contribution in [1.29, 1.82) is 0 Å². The van der Waals surface area contributed by atoms with E-state index in [1.807, 2.05) is 0 Å². The quantitative estimate of drug-likeness (QED) is 0.712. The molecule has 0 atom stereocenters. The van der Waals surface area contributed by atoms with Crippen molar-refractivity contribution in [2.24, 2.45) is 0 Å². The van der Waals surface area contributed by atoms with Gasteiger partial charge in [-0.3, -0.25) is 0 Å². The molecule has 0 spiro atoms. The number of nitrogens with two attached hydrogens (primary N) is 1. The van der Waals surface area contributed by atoms with Crippen molar-refractivity contribution in [1.82, 2.24) is 9.97 Å². The van der Waals surface area contributed by atoms with Crippen LogP contribution in [0, 0.1) is 0 Å². The summed E-state index contributed by atoms with van der Waals surface area (Å²) in [6, 6.07) is 0. The Balaban J connectivity index is 2.94. The van der Waals surface area contributed by atoms with Crippen molar-refractivity contribution < 1.29 is 5.11 Å². The summed E-state index contributed by atoms with van der Waals surface area (Å²) in [7, 11) is 0. The first-order chi connectivity index (χ1) is 5.74. The topological polar surface area (TPSA) is 72.0 Å². The van der Waals surface area contributed by atoms with E-state index in [1.54, 1.807) is 6.08 Å². The summed E-state index contributed by atoms with van der Waals surface area (Å²) >= 11 is 5.52. The van der Waals surface area contributed by atoms with Crippen molar-refractivity contribution in [2.75, 3.05) is 12.3 Å². The first-order valence-electron chi connectivity index (χ1n) is 3.29. The van der Waals surface area contributed by atoms with Crippen LogP contribution in [0.4, 0.5) is 5.82 Å². The predicted octanol–water partition coefficient (Wildman–Crippen LogP) is 0.718. The highest BCUT2D eigenvalue weighted by Crippen LogP contribution is 2.10. The summed E-state index contributed by atoms with van der Waals surface area (Å²) in [4.78, 5) is 7.67. The van der Waals surface area contributed by atoms with Crippen molar-refractivity contribution >= 4 is 23.5 Å². The van der Waals surface area contributed by atoms with Crippen LogP contribution in [-0.2, 0) is 0 Å². The SMILES string of the molecule is Nc1nc(Cl)cnc1C=CCO. The van der Waals surface area contributed by atoms with Crippen LogP contribution < -0.4 is 5.73 Å². The summed E-state index contributed by atoms with van der Waals surface area (Å²) < 4.78 is 0. The minimum Gasteiger partial charge on any atom is -0.392 e. The first-order valence-corrected chi connectivity index (χ1v) is 3.67. The number of rotatable bonds is 2. The third-order valence-electron chi connectivity index (χ3n) is 1.18. The Morgan fingerprint density at radius 3 is 3.00 bits per heavy atom. The van der Waals surface area contributed by atoms with Crippen molar-refractivity contribution in [3.63, 3.8) is 0 Å². The van der Waals surface area contributed by atoms with E-state index < -0.39 is 0 Å². The van der Waals surface area contributed by atoms with Gasteiger partial charge < -0.3 is 10.8 Å². The number of hydrogen-bond acceptors (Lipinski definition) is 4. The highest BCUT2D eigenvalue weighted by molar-refractivity contribution is 6.29. The Bertz CT molecular complexity index is 301. The molecule has 4 nitrogen and oxygen atoms in total. The molecule has 0 aliphatic carbocycles. The maximum atomic E-state index is 8.47. The largest absolute Gasteiger partial charge is 0.392 e. The Morgan fingerprint density at radius 1 is 1.67 bits per heavy atom. The predicted molar refractivity (Wildman–Crippen MR) is 47.6 cm³/mol. The molecule has 0 amide bonds. The molecule has 64 valence electrons. The monoisotopic (exact) mass is 185 g/mol. The van der Waals surface area contributed by atoms with E-state index in [-0.39, 0.29) is 17.6 Å². The number of aromatic nitrogens is 2. The zero-order chi connectivity index (χ0) is 8.97. The summed E-state index contributed by atoms with van der Waals surface area (Å²) in [5, 5.41) is 8.73. The van der Waals surface area contributed by atoms with Crippen LogP contribution in [0.2, 0.25) is 5.15 Å². The Kier molecular flexibility index (Phi) is 3.01. The fourth-order valence-electron chi connectivity index (χ4n) is 0.683. The zero-order valence-electron chi connectivity index (χ0n) is 6.24. The summed E-state index contributed by atoms with van der Waals surface area (Å²) in [6.07, 6.45) is 4.50. The second kappa shape index (κ2) is 4.04. The molecule has 0 radical (unpaired) electrons. The van der Waals surface area contributed by atoms with E-state index in [9.17, 15) is 0 Å². The molecule has 0 aliphatic rings. The van der Waals surface area contributed by atoms with E-state index in [0.29, 0.717) is 5.69 Å². The smallest absolute Gasteiger partial charge is 0.151 e. The van der Waals surface area contributed by atoms with E-state index >= 15 is 0 Å². The molecule has 0 saturated heterocycles. The van der Waals surface area contributed by atoms with Gasteiger partial charge in [-0.15, -0.1) is 0 Å². The van der Waals surface area contributed by atoms with Crippen LogP contribution in [-0.4, -0.2) is 21.7 Å². The zero-order valence-corrected chi connectivity index (χ0v) is 6.99. The molecule has 0 bridgehead atoms. The van der Waals surface area contributed by atoms with Gasteiger partial charge in [-0.1, -0.05) is 17.7 Å². The third kappa shape index (κ3) is 2.18. The molecule has 1 aromatic heterocycles. The highest BCUT2D eigenvalue weighted by Gasteiger charge is 1.98. The lowest BCUT2D eigenvalue weighted by molar-refractivity contribution is 0.343. The van der Waals surface area contributed by atoms with E-state index in [2.05, 4.69) is 9.97 Å². The van der Waals surface area contributed by atoms with Crippen molar-refractivity contribution in [3.05, 3.63) is 23.1 Å². The van der Waals surface area contributed by atoms with Gasteiger partial charge in [-0.05, 0) is 6.08 Å². The molecule has 0 unspecified atom stereocenters. The van der Waals surface area contributed by atoms with Crippen molar-refractivity contribution in [3.8, 4) is 0 Å². The summed E-state index contributed by atoms with van der Waals surface area (Å²) in [5.74, 6) is 0.257. The van der Waals surface area contributed by atoms with Gasteiger partial charge in [-0.25, -0.2) is 9.97 Å². The molecule has 0 saturated carbocycles. The molecule has 5 heteroatoms. The standard InChI is InChI=1S/C7H8ClN3O/c8-6-4-10-5(2-1-3-12)7(9)11-6/h1-2,4,12H,3H2,(H2,9,11). The number of aliphatic hydroxyl groups excluding tert-OH is 1. The number of anilines is 1. The molecule has 1 aromatic rings. The second-order valence-electron chi connectivity index (χ2n) is 2.05. The van der Waals surface area contributed by atoms with Crippen LogP contribution in [0.5, 0.6) is 0 Å².